The van der Waals surface area contributed by atoms with Crippen LogP contribution in [0, 0.1) is 5.92 Å². The molecule has 0 aromatic heterocycles. The number of sulfone groups is 1. The van der Waals surface area contributed by atoms with Crippen LogP contribution in [0.25, 0.3) is 0 Å². The lowest BCUT2D eigenvalue weighted by molar-refractivity contribution is 0.231. The molecule has 2 aliphatic rings. The van der Waals surface area contributed by atoms with Gasteiger partial charge in [-0.1, -0.05) is 13.8 Å². The van der Waals surface area contributed by atoms with Crippen molar-refractivity contribution < 1.29 is 8.42 Å². The van der Waals surface area contributed by atoms with E-state index in [1.807, 2.05) is 6.92 Å². The molecule has 24 heavy (non-hydrogen) atoms. The van der Waals surface area contributed by atoms with E-state index in [2.05, 4.69) is 29.4 Å². The molecule has 2 fully saturated rings. The summed E-state index contributed by atoms with van der Waals surface area (Å²) < 4.78 is 23.2. The highest BCUT2D eigenvalue weighted by Crippen LogP contribution is 2.19. The Balaban J connectivity index is 0.00000288. The number of rotatable bonds is 6. The summed E-state index contributed by atoms with van der Waals surface area (Å²) in [5.41, 5.74) is 0. The van der Waals surface area contributed by atoms with E-state index < -0.39 is 9.84 Å². The van der Waals surface area contributed by atoms with E-state index in [1.54, 1.807) is 0 Å². The van der Waals surface area contributed by atoms with Crippen molar-refractivity contribution >= 4 is 39.8 Å². The van der Waals surface area contributed by atoms with Crippen LogP contribution in [0.5, 0.6) is 0 Å². The highest BCUT2D eigenvalue weighted by Gasteiger charge is 2.29. The summed E-state index contributed by atoms with van der Waals surface area (Å²) in [6.07, 6.45) is 3.13. The first-order valence-corrected chi connectivity index (χ1v) is 10.7. The molecule has 2 rings (SSSR count). The Morgan fingerprint density at radius 1 is 1.33 bits per heavy atom. The van der Waals surface area contributed by atoms with Crippen LogP contribution in [-0.2, 0) is 9.84 Å². The molecule has 0 saturated carbocycles. The van der Waals surface area contributed by atoms with Crippen LogP contribution in [0.15, 0.2) is 4.99 Å². The van der Waals surface area contributed by atoms with Crippen LogP contribution in [0.2, 0.25) is 0 Å². The topological polar surface area (TPSA) is 73.8 Å². The minimum absolute atomic E-state index is 0. The number of nitrogens with zero attached hydrogens (tertiary/aromatic N) is 2. The van der Waals surface area contributed by atoms with Gasteiger partial charge in [0.2, 0.25) is 0 Å². The first-order chi connectivity index (χ1) is 10.9. The van der Waals surface area contributed by atoms with Gasteiger partial charge in [-0.25, -0.2) is 8.42 Å². The highest BCUT2D eigenvalue weighted by molar-refractivity contribution is 14.0. The first-order valence-electron chi connectivity index (χ1n) is 8.89. The minimum Gasteiger partial charge on any atom is -0.357 e. The molecule has 0 aromatic carbocycles. The zero-order chi connectivity index (χ0) is 16.9. The first kappa shape index (κ1) is 22.0. The molecule has 2 saturated heterocycles. The zero-order valence-corrected chi connectivity index (χ0v) is 18.3. The fraction of sp³-hybridized carbons (Fsp3) is 0.938. The molecule has 0 amide bonds. The maximum Gasteiger partial charge on any atom is 0.191 e. The van der Waals surface area contributed by atoms with Crippen molar-refractivity contribution in [3.05, 3.63) is 0 Å². The van der Waals surface area contributed by atoms with Crippen molar-refractivity contribution in [1.29, 1.82) is 0 Å². The number of hydrogen-bond acceptors (Lipinski definition) is 4. The number of nitrogens with one attached hydrogen (secondary N) is 2. The third-order valence-electron chi connectivity index (χ3n) is 4.48. The van der Waals surface area contributed by atoms with E-state index in [9.17, 15) is 8.42 Å². The predicted molar refractivity (Wildman–Crippen MR) is 111 cm³/mol. The Labute approximate surface area is 164 Å². The lowest BCUT2D eigenvalue weighted by Gasteiger charge is -2.25. The Morgan fingerprint density at radius 3 is 2.67 bits per heavy atom. The van der Waals surface area contributed by atoms with E-state index in [4.69, 9.17) is 4.99 Å². The predicted octanol–water partition coefficient (Wildman–Crippen LogP) is 1.47. The number of aliphatic imine (C=N–C) groups is 1. The van der Waals surface area contributed by atoms with Crippen LogP contribution in [0.1, 0.15) is 40.0 Å². The van der Waals surface area contributed by atoms with Gasteiger partial charge in [0.05, 0.1) is 18.1 Å². The Morgan fingerprint density at radius 2 is 2.08 bits per heavy atom. The number of likely N-dealkylation sites (tertiary alicyclic amines) is 1. The van der Waals surface area contributed by atoms with Crippen molar-refractivity contribution in [2.75, 3.05) is 37.7 Å². The summed E-state index contributed by atoms with van der Waals surface area (Å²) in [5.74, 6) is 1.94. The second kappa shape index (κ2) is 10.2. The molecule has 0 radical (unpaired) electrons. The molecular weight excluding hydrogens is 439 g/mol. The van der Waals surface area contributed by atoms with Gasteiger partial charge in [0.25, 0.3) is 0 Å². The van der Waals surface area contributed by atoms with Gasteiger partial charge in [0.1, 0.15) is 0 Å². The summed E-state index contributed by atoms with van der Waals surface area (Å²) >= 11 is 0. The molecule has 2 heterocycles. The van der Waals surface area contributed by atoms with E-state index in [0.717, 1.165) is 25.6 Å². The van der Waals surface area contributed by atoms with E-state index in [0.29, 0.717) is 18.4 Å². The number of hydrogen-bond donors (Lipinski definition) is 2. The Bertz CT molecular complexity index is 510. The van der Waals surface area contributed by atoms with E-state index in [-0.39, 0.29) is 41.5 Å². The molecule has 142 valence electrons. The van der Waals surface area contributed by atoms with Crippen molar-refractivity contribution in [2.45, 2.75) is 52.1 Å². The summed E-state index contributed by atoms with van der Waals surface area (Å²) in [5, 5.41) is 6.54. The monoisotopic (exact) mass is 472 g/mol. The summed E-state index contributed by atoms with van der Waals surface area (Å²) in [6.45, 7) is 10.4. The molecule has 8 heteroatoms. The lowest BCUT2D eigenvalue weighted by atomic mass is 10.2. The standard InChI is InChI=1S/C16H32N4O2S.HI/c1-4-17-16(19-14-7-9-23(21,22)12-14)18-10-15-6-5-8-20(15)11-13(2)3;/h13-15H,4-12H2,1-3H3,(H2,17,18,19);1H/t14?,15-;/m1./s1. The van der Waals surface area contributed by atoms with Crippen LogP contribution < -0.4 is 10.6 Å². The molecule has 6 nitrogen and oxygen atoms in total. The van der Waals surface area contributed by atoms with Gasteiger partial charge in [-0.15, -0.1) is 24.0 Å². The largest absolute Gasteiger partial charge is 0.357 e. The fourth-order valence-corrected chi connectivity index (χ4v) is 5.10. The van der Waals surface area contributed by atoms with E-state index in [1.165, 1.54) is 19.4 Å². The average molecular weight is 472 g/mol. The molecule has 2 aliphatic heterocycles. The van der Waals surface area contributed by atoms with Gasteiger partial charge in [-0.3, -0.25) is 9.89 Å². The summed E-state index contributed by atoms with van der Waals surface area (Å²) in [6, 6.07) is 0.508. The Kier molecular flexibility index (Phi) is 9.29. The van der Waals surface area contributed by atoms with Gasteiger partial charge < -0.3 is 10.6 Å². The summed E-state index contributed by atoms with van der Waals surface area (Å²) in [4.78, 5) is 7.26. The molecular formula is C16H33IN4O2S. The maximum atomic E-state index is 11.6. The van der Waals surface area contributed by atoms with Gasteiger partial charge in [0.15, 0.2) is 15.8 Å². The molecule has 2 atom stereocenters. The third-order valence-corrected chi connectivity index (χ3v) is 6.24. The van der Waals surface area contributed by atoms with Crippen molar-refractivity contribution in [2.24, 2.45) is 10.9 Å². The lowest BCUT2D eigenvalue weighted by Crippen LogP contribution is -2.45. The molecule has 0 bridgehead atoms. The quantitative estimate of drug-likeness (QED) is 0.348. The second-order valence-corrected chi connectivity index (χ2v) is 9.38. The van der Waals surface area contributed by atoms with E-state index >= 15 is 0 Å². The minimum atomic E-state index is -2.86. The maximum absolute atomic E-state index is 11.6. The van der Waals surface area contributed by atoms with Crippen LogP contribution >= 0.6 is 24.0 Å². The molecule has 0 aliphatic carbocycles. The van der Waals surface area contributed by atoms with Crippen LogP contribution in [-0.4, -0.2) is 69.0 Å². The van der Waals surface area contributed by atoms with Crippen molar-refractivity contribution in [1.82, 2.24) is 15.5 Å². The van der Waals surface area contributed by atoms with Gasteiger partial charge in [-0.05, 0) is 38.6 Å². The number of halogens is 1. The molecule has 2 N–H and O–H groups in total. The van der Waals surface area contributed by atoms with Crippen molar-refractivity contribution in [3.63, 3.8) is 0 Å². The third kappa shape index (κ3) is 7.03. The normalized spacial score (nSPS) is 27.2. The van der Waals surface area contributed by atoms with Gasteiger partial charge in [0, 0.05) is 25.2 Å². The Hall–Kier alpha value is -0.0900. The second-order valence-electron chi connectivity index (χ2n) is 7.15. The SMILES string of the molecule is CCNC(=NC[C@H]1CCCN1CC(C)C)NC1CCS(=O)(=O)C1.I. The molecule has 0 spiro atoms. The summed E-state index contributed by atoms with van der Waals surface area (Å²) in [7, 11) is -2.86. The van der Waals surface area contributed by atoms with Crippen LogP contribution in [0.4, 0.5) is 0 Å². The molecule has 1 unspecified atom stereocenters. The van der Waals surface area contributed by atoms with Gasteiger partial charge in [-0.2, -0.15) is 0 Å². The highest BCUT2D eigenvalue weighted by atomic mass is 127. The van der Waals surface area contributed by atoms with Crippen molar-refractivity contribution in [3.8, 4) is 0 Å². The fourth-order valence-electron chi connectivity index (χ4n) is 3.43. The average Bonchev–Trinajstić information content (AvgIpc) is 3.02. The smallest absolute Gasteiger partial charge is 0.191 e. The number of guanidine groups is 1. The van der Waals surface area contributed by atoms with Crippen LogP contribution in [0.3, 0.4) is 0 Å². The van der Waals surface area contributed by atoms with Gasteiger partial charge >= 0.3 is 0 Å². The zero-order valence-electron chi connectivity index (χ0n) is 15.1. The molecule has 0 aromatic rings.